The third kappa shape index (κ3) is 5.23. The molecule has 3 rings (SSSR count). The number of nitrogens with zero attached hydrogens (tertiary/aromatic N) is 1. The van der Waals surface area contributed by atoms with Crippen LogP contribution in [0, 0.1) is 11.8 Å². The number of halogens is 2. The third-order valence-corrected chi connectivity index (χ3v) is 4.71. The lowest BCUT2D eigenvalue weighted by Gasteiger charge is -2.45. The number of nitrogens with two attached hydrogens (primary N) is 1. The van der Waals surface area contributed by atoms with Gasteiger partial charge in [0.15, 0.2) is 6.61 Å². The van der Waals surface area contributed by atoms with E-state index in [9.17, 15) is 4.79 Å². The van der Waals surface area contributed by atoms with Crippen LogP contribution in [0.1, 0.15) is 32.1 Å². The first-order chi connectivity index (χ1) is 10.2. The first-order valence-electron chi connectivity index (χ1n) is 7.80. The van der Waals surface area contributed by atoms with Gasteiger partial charge in [-0.15, -0.1) is 24.8 Å². The molecule has 7 heteroatoms. The standard InChI is InChI=1S/C16H23N3O2.2ClH/c17-13-7-11-3-1-4-12(8-13)16(11)19-15(20)10-21-14-5-2-6-18-9-14;;/h2,5-6,9,11-13,16H,1,3-4,7-8,10,17H2,(H,19,20);2*1H. The second kappa shape index (κ2) is 9.30. The minimum absolute atomic E-state index is 0. The van der Waals surface area contributed by atoms with Crippen LogP contribution in [0.25, 0.3) is 0 Å². The number of carbonyl (C=O) groups excluding carboxylic acids is 1. The Balaban J connectivity index is 0.00000132. The van der Waals surface area contributed by atoms with Crippen molar-refractivity contribution in [2.75, 3.05) is 6.61 Å². The molecule has 1 amide bonds. The van der Waals surface area contributed by atoms with E-state index in [-0.39, 0.29) is 43.4 Å². The Bertz CT molecular complexity index is 475. The highest BCUT2D eigenvalue weighted by Crippen LogP contribution is 2.39. The van der Waals surface area contributed by atoms with Gasteiger partial charge < -0.3 is 15.8 Å². The van der Waals surface area contributed by atoms with Gasteiger partial charge in [-0.2, -0.15) is 0 Å². The normalized spacial score (nSPS) is 28.7. The van der Waals surface area contributed by atoms with Crippen LogP contribution in [0.2, 0.25) is 0 Å². The van der Waals surface area contributed by atoms with Crippen LogP contribution in [-0.2, 0) is 4.79 Å². The fraction of sp³-hybridized carbons (Fsp3) is 0.625. The highest BCUT2D eigenvalue weighted by molar-refractivity contribution is 5.85. The zero-order chi connectivity index (χ0) is 14.7. The zero-order valence-electron chi connectivity index (χ0n) is 13.0. The van der Waals surface area contributed by atoms with Gasteiger partial charge in [-0.05, 0) is 49.7 Å². The summed E-state index contributed by atoms with van der Waals surface area (Å²) in [5.41, 5.74) is 6.11. The number of rotatable bonds is 4. The molecule has 23 heavy (non-hydrogen) atoms. The molecule has 2 fully saturated rings. The van der Waals surface area contributed by atoms with Gasteiger partial charge in [0.05, 0.1) is 6.20 Å². The SMILES string of the molecule is Cl.Cl.NC1CC2CCCC(C1)C2NC(=O)COc1cccnc1. The van der Waals surface area contributed by atoms with Crippen LogP contribution in [0.15, 0.2) is 24.5 Å². The minimum Gasteiger partial charge on any atom is -0.482 e. The number of carbonyl (C=O) groups is 1. The number of hydrogen-bond acceptors (Lipinski definition) is 4. The molecule has 2 unspecified atom stereocenters. The molecule has 1 aromatic rings. The highest BCUT2D eigenvalue weighted by atomic mass is 35.5. The zero-order valence-corrected chi connectivity index (χ0v) is 14.7. The molecule has 3 N–H and O–H groups in total. The fourth-order valence-electron chi connectivity index (χ4n) is 3.83. The van der Waals surface area contributed by atoms with E-state index in [1.807, 2.05) is 0 Å². The summed E-state index contributed by atoms with van der Waals surface area (Å²) in [6, 6.07) is 4.18. The summed E-state index contributed by atoms with van der Waals surface area (Å²) in [5.74, 6) is 1.65. The molecular formula is C16H25Cl2N3O2. The number of hydrogen-bond donors (Lipinski definition) is 2. The third-order valence-electron chi connectivity index (χ3n) is 4.71. The maximum Gasteiger partial charge on any atom is 0.258 e. The van der Waals surface area contributed by atoms with Crippen molar-refractivity contribution in [2.45, 2.75) is 44.2 Å². The Morgan fingerprint density at radius 3 is 2.61 bits per heavy atom. The number of amides is 1. The van der Waals surface area contributed by atoms with Crippen LogP contribution >= 0.6 is 24.8 Å². The van der Waals surface area contributed by atoms with Crippen LogP contribution in [0.4, 0.5) is 0 Å². The van der Waals surface area contributed by atoms with Crippen molar-refractivity contribution >= 4 is 30.7 Å². The van der Waals surface area contributed by atoms with Gasteiger partial charge in [-0.25, -0.2) is 0 Å². The quantitative estimate of drug-likeness (QED) is 0.862. The summed E-state index contributed by atoms with van der Waals surface area (Å²) in [6.45, 7) is 0.0493. The summed E-state index contributed by atoms with van der Waals surface area (Å²) in [6.07, 6.45) is 8.98. The van der Waals surface area contributed by atoms with Crippen molar-refractivity contribution in [3.63, 3.8) is 0 Å². The lowest BCUT2D eigenvalue weighted by atomic mass is 9.67. The summed E-state index contributed by atoms with van der Waals surface area (Å²) < 4.78 is 5.45. The largest absolute Gasteiger partial charge is 0.482 e. The molecule has 2 atom stereocenters. The van der Waals surface area contributed by atoms with Crippen molar-refractivity contribution in [3.8, 4) is 5.75 Å². The van der Waals surface area contributed by atoms with E-state index >= 15 is 0 Å². The molecule has 0 radical (unpaired) electrons. The summed E-state index contributed by atoms with van der Waals surface area (Å²) >= 11 is 0. The minimum atomic E-state index is -0.0452. The molecule has 2 bridgehead atoms. The maximum absolute atomic E-state index is 12.1. The van der Waals surface area contributed by atoms with Gasteiger partial charge >= 0.3 is 0 Å². The summed E-state index contributed by atoms with van der Waals surface area (Å²) in [4.78, 5) is 16.1. The van der Waals surface area contributed by atoms with Crippen LogP contribution in [0.5, 0.6) is 5.75 Å². The molecule has 0 spiro atoms. The van der Waals surface area contributed by atoms with E-state index in [4.69, 9.17) is 10.5 Å². The molecule has 2 saturated carbocycles. The van der Waals surface area contributed by atoms with Crippen molar-refractivity contribution in [2.24, 2.45) is 17.6 Å². The Morgan fingerprint density at radius 1 is 1.30 bits per heavy atom. The van der Waals surface area contributed by atoms with E-state index in [1.165, 1.54) is 19.3 Å². The van der Waals surface area contributed by atoms with Crippen molar-refractivity contribution in [3.05, 3.63) is 24.5 Å². The van der Waals surface area contributed by atoms with Gasteiger partial charge in [-0.1, -0.05) is 6.42 Å². The first kappa shape index (κ1) is 20.0. The molecule has 130 valence electrons. The maximum atomic E-state index is 12.1. The van der Waals surface area contributed by atoms with Gasteiger partial charge in [0.1, 0.15) is 5.75 Å². The van der Waals surface area contributed by atoms with E-state index in [2.05, 4.69) is 10.3 Å². The smallest absolute Gasteiger partial charge is 0.258 e. The number of aromatic nitrogens is 1. The van der Waals surface area contributed by atoms with E-state index in [1.54, 1.807) is 24.5 Å². The number of ether oxygens (including phenoxy) is 1. The van der Waals surface area contributed by atoms with Gasteiger partial charge in [0.2, 0.25) is 0 Å². The summed E-state index contributed by atoms with van der Waals surface area (Å²) in [7, 11) is 0. The Hall–Kier alpha value is -1.04. The molecule has 1 heterocycles. The van der Waals surface area contributed by atoms with E-state index in [0.29, 0.717) is 23.6 Å². The van der Waals surface area contributed by atoms with Crippen LogP contribution < -0.4 is 15.8 Å². The Kier molecular flexibility index (Phi) is 8.09. The van der Waals surface area contributed by atoms with Gasteiger partial charge in [0, 0.05) is 18.3 Å². The Labute approximate surface area is 149 Å². The highest BCUT2D eigenvalue weighted by Gasteiger charge is 2.39. The first-order valence-corrected chi connectivity index (χ1v) is 7.80. The second-order valence-corrected chi connectivity index (χ2v) is 6.25. The molecule has 1 aromatic heterocycles. The average Bonchev–Trinajstić information content (AvgIpc) is 2.47. The molecule has 0 aliphatic heterocycles. The fourth-order valence-corrected chi connectivity index (χ4v) is 3.83. The molecule has 2 aliphatic rings. The number of pyridine rings is 1. The predicted octanol–water partition coefficient (Wildman–Crippen LogP) is 2.33. The second-order valence-electron chi connectivity index (χ2n) is 6.25. The lowest BCUT2D eigenvalue weighted by Crippen LogP contribution is -2.54. The van der Waals surface area contributed by atoms with Crippen molar-refractivity contribution in [1.82, 2.24) is 10.3 Å². The molecule has 5 nitrogen and oxygen atoms in total. The number of fused-ring (bicyclic) bond motifs is 2. The number of nitrogens with one attached hydrogen (secondary N) is 1. The van der Waals surface area contributed by atoms with Gasteiger partial charge in [0.25, 0.3) is 5.91 Å². The van der Waals surface area contributed by atoms with Crippen LogP contribution in [0.3, 0.4) is 0 Å². The molecular weight excluding hydrogens is 337 g/mol. The molecule has 2 aliphatic carbocycles. The van der Waals surface area contributed by atoms with Crippen molar-refractivity contribution < 1.29 is 9.53 Å². The van der Waals surface area contributed by atoms with Crippen LogP contribution in [-0.4, -0.2) is 29.6 Å². The topological polar surface area (TPSA) is 77.2 Å². The molecule has 0 aromatic carbocycles. The molecule has 0 saturated heterocycles. The predicted molar refractivity (Wildman–Crippen MR) is 94.2 cm³/mol. The average molecular weight is 362 g/mol. The van der Waals surface area contributed by atoms with Gasteiger partial charge in [-0.3, -0.25) is 9.78 Å². The monoisotopic (exact) mass is 361 g/mol. The van der Waals surface area contributed by atoms with E-state index < -0.39 is 0 Å². The van der Waals surface area contributed by atoms with Crippen molar-refractivity contribution in [1.29, 1.82) is 0 Å². The Morgan fingerprint density at radius 2 is 2.00 bits per heavy atom. The lowest BCUT2D eigenvalue weighted by molar-refractivity contribution is -0.125. The summed E-state index contributed by atoms with van der Waals surface area (Å²) in [5, 5.41) is 3.17. The van der Waals surface area contributed by atoms with E-state index in [0.717, 1.165) is 12.8 Å².